The number of carbonyl (C=O) groups is 1. The number of benzene rings is 1. The molecule has 1 amide bonds. The number of amides is 1. The summed E-state index contributed by atoms with van der Waals surface area (Å²) in [6, 6.07) is 10.5. The Balaban J connectivity index is 0.00000242. The zero-order chi connectivity index (χ0) is 15.4. The largest absolute Gasteiger partial charge is 0.376 e. The molecule has 0 aliphatic rings. The van der Waals surface area contributed by atoms with Gasteiger partial charge in [-0.15, -0.1) is 24.8 Å². The molecule has 126 valence electrons. The van der Waals surface area contributed by atoms with Gasteiger partial charge in [0, 0.05) is 14.1 Å². The summed E-state index contributed by atoms with van der Waals surface area (Å²) in [5.74, 6) is 0.220. The maximum Gasteiger partial charge on any atom is 0.247 e. The van der Waals surface area contributed by atoms with Gasteiger partial charge >= 0.3 is 0 Å². The quantitative estimate of drug-likeness (QED) is 0.883. The highest BCUT2D eigenvalue weighted by Crippen LogP contribution is 2.15. The second-order valence-corrected chi connectivity index (χ2v) is 5.17. The van der Waals surface area contributed by atoms with Crippen LogP contribution >= 0.6 is 24.8 Å². The van der Waals surface area contributed by atoms with Crippen LogP contribution in [-0.4, -0.2) is 25.0 Å². The fourth-order valence-electron chi connectivity index (χ4n) is 1.85. The first-order valence-electron chi connectivity index (χ1n) is 6.74. The van der Waals surface area contributed by atoms with E-state index < -0.39 is 6.04 Å². The lowest BCUT2D eigenvalue weighted by atomic mass is 10.1. The van der Waals surface area contributed by atoms with Crippen molar-refractivity contribution in [1.29, 1.82) is 0 Å². The van der Waals surface area contributed by atoms with Crippen LogP contribution in [0, 0.1) is 6.92 Å². The van der Waals surface area contributed by atoms with Crippen molar-refractivity contribution in [3.8, 4) is 0 Å². The van der Waals surface area contributed by atoms with Gasteiger partial charge in [0.2, 0.25) is 5.91 Å². The Morgan fingerprint density at radius 1 is 1.13 bits per heavy atom. The fourth-order valence-corrected chi connectivity index (χ4v) is 1.85. The number of hydrogen-bond acceptors (Lipinski definition) is 4. The molecule has 0 saturated carbocycles. The van der Waals surface area contributed by atoms with Gasteiger partial charge in [0.15, 0.2) is 0 Å². The van der Waals surface area contributed by atoms with Crippen molar-refractivity contribution < 1.29 is 4.79 Å². The third-order valence-electron chi connectivity index (χ3n) is 3.23. The number of halogens is 2. The molecule has 1 unspecified atom stereocenters. The van der Waals surface area contributed by atoms with Crippen LogP contribution in [0.3, 0.4) is 0 Å². The van der Waals surface area contributed by atoms with Crippen LogP contribution in [-0.2, 0) is 4.79 Å². The zero-order valence-electron chi connectivity index (χ0n) is 13.3. The molecule has 5 nitrogen and oxygen atoms in total. The molecular weight excluding hydrogens is 335 g/mol. The molecule has 0 saturated heterocycles. The standard InChI is InChI=1S/C16H20N4O.2ClH/c1-11-4-6-12(7-5-11)15(17)16(21)19-14-9-8-13(10-18-14)20(2)3;;/h4-10,15H,17H2,1-3H3,(H,18,19,21);2*1H. The van der Waals surface area contributed by atoms with Gasteiger partial charge in [-0.2, -0.15) is 0 Å². The number of carbonyl (C=O) groups excluding carboxylic acids is 1. The van der Waals surface area contributed by atoms with Gasteiger partial charge in [0.1, 0.15) is 11.9 Å². The van der Waals surface area contributed by atoms with E-state index in [1.807, 2.05) is 56.3 Å². The van der Waals surface area contributed by atoms with E-state index in [-0.39, 0.29) is 30.7 Å². The number of aryl methyl sites for hydroxylation is 1. The van der Waals surface area contributed by atoms with E-state index in [9.17, 15) is 4.79 Å². The summed E-state index contributed by atoms with van der Waals surface area (Å²) in [7, 11) is 3.87. The maximum atomic E-state index is 12.1. The van der Waals surface area contributed by atoms with Crippen LogP contribution in [0.2, 0.25) is 0 Å². The van der Waals surface area contributed by atoms with Gasteiger partial charge in [-0.3, -0.25) is 4.79 Å². The molecule has 0 spiro atoms. The van der Waals surface area contributed by atoms with Crippen LogP contribution in [0.25, 0.3) is 0 Å². The van der Waals surface area contributed by atoms with Crippen molar-refractivity contribution in [2.24, 2.45) is 5.73 Å². The van der Waals surface area contributed by atoms with Gasteiger partial charge < -0.3 is 16.0 Å². The number of nitrogens with two attached hydrogens (primary N) is 1. The van der Waals surface area contributed by atoms with E-state index in [0.717, 1.165) is 16.8 Å². The minimum atomic E-state index is -0.707. The fraction of sp³-hybridized carbons (Fsp3) is 0.250. The van der Waals surface area contributed by atoms with Gasteiger partial charge in [0.05, 0.1) is 11.9 Å². The van der Waals surface area contributed by atoms with Crippen LogP contribution in [0.1, 0.15) is 17.2 Å². The van der Waals surface area contributed by atoms with Crippen molar-refractivity contribution in [1.82, 2.24) is 4.98 Å². The summed E-state index contributed by atoms with van der Waals surface area (Å²) in [6.07, 6.45) is 1.70. The summed E-state index contributed by atoms with van der Waals surface area (Å²) in [4.78, 5) is 18.3. The Morgan fingerprint density at radius 2 is 1.74 bits per heavy atom. The minimum absolute atomic E-state index is 0. The maximum absolute atomic E-state index is 12.1. The van der Waals surface area contributed by atoms with E-state index >= 15 is 0 Å². The van der Waals surface area contributed by atoms with E-state index in [4.69, 9.17) is 5.73 Å². The summed E-state index contributed by atoms with van der Waals surface area (Å²) in [5.41, 5.74) is 8.85. The van der Waals surface area contributed by atoms with Crippen molar-refractivity contribution in [3.63, 3.8) is 0 Å². The Hall–Kier alpha value is -1.82. The molecule has 1 aromatic carbocycles. The smallest absolute Gasteiger partial charge is 0.247 e. The summed E-state index contributed by atoms with van der Waals surface area (Å²) in [5, 5.41) is 2.73. The molecule has 0 aliphatic carbocycles. The van der Waals surface area contributed by atoms with E-state index in [2.05, 4.69) is 10.3 Å². The predicted octanol–water partition coefficient (Wildman–Crippen LogP) is 2.94. The monoisotopic (exact) mass is 356 g/mol. The first-order chi connectivity index (χ1) is 9.97. The Bertz CT molecular complexity index is 615. The number of anilines is 2. The van der Waals surface area contributed by atoms with E-state index in [1.165, 1.54) is 0 Å². The first-order valence-corrected chi connectivity index (χ1v) is 6.74. The number of pyridine rings is 1. The molecule has 2 rings (SSSR count). The van der Waals surface area contributed by atoms with E-state index in [1.54, 1.807) is 12.3 Å². The van der Waals surface area contributed by atoms with Gasteiger partial charge in [-0.25, -0.2) is 4.98 Å². The van der Waals surface area contributed by atoms with Crippen molar-refractivity contribution in [2.45, 2.75) is 13.0 Å². The molecular formula is C16H22Cl2N4O. The second kappa shape index (κ2) is 9.35. The number of rotatable bonds is 4. The van der Waals surface area contributed by atoms with Crippen molar-refractivity contribution in [2.75, 3.05) is 24.3 Å². The van der Waals surface area contributed by atoms with Gasteiger partial charge in [0.25, 0.3) is 0 Å². The first kappa shape index (κ1) is 21.2. The lowest BCUT2D eigenvalue weighted by Crippen LogP contribution is -2.28. The molecule has 1 aromatic heterocycles. The minimum Gasteiger partial charge on any atom is -0.376 e. The molecule has 0 bridgehead atoms. The Kier molecular flexibility index (Phi) is 8.61. The number of nitrogens with one attached hydrogen (secondary N) is 1. The highest BCUT2D eigenvalue weighted by Gasteiger charge is 2.16. The summed E-state index contributed by atoms with van der Waals surface area (Å²) in [6.45, 7) is 1.99. The van der Waals surface area contributed by atoms with Crippen LogP contribution in [0.5, 0.6) is 0 Å². The average molecular weight is 357 g/mol. The topological polar surface area (TPSA) is 71.2 Å². The van der Waals surface area contributed by atoms with Crippen LogP contribution in [0.15, 0.2) is 42.6 Å². The lowest BCUT2D eigenvalue weighted by Gasteiger charge is -2.14. The summed E-state index contributed by atoms with van der Waals surface area (Å²) >= 11 is 0. The molecule has 0 radical (unpaired) electrons. The molecule has 0 fully saturated rings. The SMILES string of the molecule is Cc1ccc(C(N)C(=O)Nc2ccc(N(C)C)cn2)cc1.Cl.Cl. The number of hydrogen-bond donors (Lipinski definition) is 2. The third kappa shape index (κ3) is 5.71. The Morgan fingerprint density at radius 3 is 2.22 bits per heavy atom. The predicted molar refractivity (Wildman–Crippen MR) is 99.8 cm³/mol. The zero-order valence-corrected chi connectivity index (χ0v) is 14.9. The molecule has 1 atom stereocenters. The molecule has 7 heteroatoms. The lowest BCUT2D eigenvalue weighted by molar-refractivity contribution is -0.117. The van der Waals surface area contributed by atoms with Gasteiger partial charge in [-0.1, -0.05) is 29.8 Å². The van der Waals surface area contributed by atoms with Crippen molar-refractivity contribution in [3.05, 3.63) is 53.7 Å². The number of aromatic nitrogens is 1. The highest BCUT2D eigenvalue weighted by molar-refractivity contribution is 5.94. The highest BCUT2D eigenvalue weighted by atomic mass is 35.5. The van der Waals surface area contributed by atoms with Crippen LogP contribution < -0.4 is 16.0 Å². The van der Waals surface area contributed by atoms with Crippen molar-refractivity contribution >= 4 is 42.2 Å². The molecule has 0 aliphatic heterocycles. The number of nitrogens with zero attached hydrogens (tertiary/aromatic N) is 2. The molecule has 3 N–H and O–H groups in total. The Labute approximate surface area is 149 Å². The van der Waals surface area contributed by atoms with Crippen LogP contribution in [0.4, 0.5) is 11.5 Å². The third-order valence-corrected chi connectivity index (χ3v) is 3.23. The molecule has 1 heterocycles. The normalized spacial score (nSPS) is 10.8. The molecule has 23 heavy (non-hydrogen) atoms. The molecule has 2 aromatic rings. The second-order valence-electron chi connectivity index (χ2n) is 5.17. The van der Waals surface area contributed by atoms with Gasteiger partial charge in [-0.05, 0) is 24.6 Å². The average Bonchev–Trinajstić information content (AvgIpc) is 2.47. The van der Waals surface area contributed by atoms with E-state index in [0.29, 0.717) is 5.82 Å². The summed E-state index contributed by atoms with van der Waals surface area (Å²) < 4.78 is 0.